The first-order valence-electron chi connectivity index (χ1n) is 6.34. The Morgan fingerprint density at radius 3 is 3.20 bits per heavy atom. The smallest absolute Gasteiger partial charge is 0.336 e. The van der Waals surface area contributed by atoms with E-state index in [2.05, 4.69) is 20.2 Å². The number of methoxy groups -OCH3 is 1. The number of carbonyl (C=O) groups is 1. The average molecular weight is 293 g/mol. The zero-order valence-electron chi connectivity index (χ0n) is 11.3. The number of ether oxygens (including phenoxy) is 2. The van der Waals surface area contributed by atoms with Crippen LogP contribution >= 0.6 is 11.3 Å². The highest BCUT2D eigenvalue weighted by atomic mass is 32.1. The fourth-order valence-electron chi connectivity index (χ4n) is 2.30. The van der Waals surface area contributed by atoms with Crippen molar-refractivity contribution in [2.24, 2.45) is 0 Å². The first kappa shape index (κ1) is 13.3. The third kappa shape index (κ3) is 2.23. The highest BCUT2D eigenvalue weighted by molar-refractivity contribution is 7.18. The minimum absolute atomic E-state index is 0.345. The minimum atomic E-state index is -0.556. The van der Waals surface area contributed by atoms with E-state index in [4.69, 9.17) is 9.47 Å². The van der Waals surface area contributed by atoms with Crippen molar-refractivity contribution in [3.05, 3.63) is 17.3 Å². The summed E-state index contributed by atoms with van der Waals surface area (Å²) in [6.07, 6.45) is 1.01. The third-order valence-electron chi connectivity index (χ3n) is 3.34. The lowest BCUT2D eigenvalue weighted by Crippen LogP contribution is -2.46. The summed E-state index contributed by atoms with van der Waals surface area (Å²) >= 11 is 1.63. The van der Waals surface area contributed by atoms with Gasteiger partial charge in [0.1, 0.15) is 12.1 Å². The van der Waals surface area contributed by atoms with E-state index in [0.29, 0.717) is 19.7 Å². The predicted octanol–water partition coefficient (Wildman–Crippen LogP) is 1.38. The number of rotatable bonds is 2. The van der Waals surface area contributed by atoms with Gasteiger partial charge in [-0.15, -0.1) is 11.3 Å². The number of hydrogen-bond donors (Lipinski definition) is 0. The Labute approximate surface area is 120 Å². The molecule has 0 aromatic carbocycles. The molecule has 1 unspecified atom stereocenters. The van der Waals surface area contributed by atoms with Crippen LogP contribution in [0, 0.1) is 6.92 Å². The molecule has 2 aromatic heterocycles. The summed E-state index contributed by atoms with van der Waals surface area (Å²) in [5, 5.41) is 2.07. The summed E-state index contributed by atoms with van der Waals surface area (Å²) in [6, 6.07) is 0. The van der Waals surface area contributed by atoms with Gasteiger partial charge in [0.2, 0.25) is 0 Å². The lowest BCUT2D eigenvalue weighted by Gasteiger charge is -2.32. The van der Waals surface area contributed by atoms with Gasteiger partial charge in [0.25, 0.3) is 0 Å². The maximum Gasteiger partial charge on any atom is 0.336 e. The van der Waals surface area contributed by atoms with E-state index in [0.717, 1.165) is 21.6 Å². The van der Waals surface area contributed by atoms with Crippen molar-refractivity contribution in [3.63, 3.8) is 0 Å². The van der Waals surface area contributed by atoms with Crippen LogP contribution in [0.3, 0.4) is 0 Å². The molecule has 1 saturated heterocycles. The van der Waals surface area contributed by atoms with Crippen molar-refractivity contribution in [2.45, 2.75) is 13.0 Å². The number of esters is 1. The fraction of sp³-hybridized carbons (Fsp3) is 0.462. The lowest BCUT2D eigenvalue weighted by atomic mass is 10.2. The highest BCUT2D eigenvalue weighted by Crippen LogP contribution is 2.31. The Kier molecular flexibility index (Phi) is 3.54. The monoisotopic (exact) mass is 293 g/mol. The number of morpholine rings is 1. The zero-order chi connectivity index (χ0) is 14.1. The molecule has 0 N–H and O–H groups in total. The number of aromatic nitrogens is 2. The summed E-state index contributed by atoms with van der Waals surface area (Å²) in [4.78, 5) is 22.4. The molecule has 0 spiro atoms. The summed E-state index contributed by atoms with van der Waals surface area (Å²) in [5.41, 5.74) is 2.12. The normalized spacial score (nSPS) is 19.3. The molecule has 6 nitrogen and oxygen atoms in total. The Morgan fingerprint density at radius 1 is 1.55 bits per heavy atom. The van der Waals surface area contributed by atoms with Crippen LogP contribution in [0.1, 0.15) is 5.56 Å². The Morgan fingerprint density at radius 2 is 2.40 bits per heavy atom. The van der Waals surface area contributed by atoms with Crippen LogP contribution in [-0.4, -0.2) is 48.8 Å². The molecule has 0 radical (unpaired) electrons. The van der Waals surface area contributed by atoms with Gasteiger partial charge >= 0.3 is 5.97 Å². The molecule has 7 heteroatoms. The van der Waals surface area contributed by atoms with Crippen molar-refractivity contribution in [1.29, 1.82) is 0 Å². The van der Waals surface area contributed by atoms with Crippen LogP contribution in [-0.2, 0) is 14.3 Å². The van der Waals surface area contributed by atoms with Crippen LogP contribution in [0.4, 0.5) is 5.82 Å². The van der Waals surface area contributed by atoms with Gasteiger partial charge in [0.15, 0.2) is 6.10 Å². The first-order valence-corrected chi connectivity index (χ1v) is 7.22. The van der Waals surface area contributed by atoms with E-state index in [1.807, 2.05) is 6.92 Å². The largest absolute Gasteiger partial charge is 0.467 e. The van der Waals surface area contributed by atoms with Gasteiger partial charge in [-0.1, -0.05) is 0 Å². The van der Waals surface area contributed by atoms with Gasteiger partial charge in [-0.05, 0) is 17.9 Å². The standard InChI is InChI=1S/C13H15N3O3S/c1-8-6-20-11-10(8)14-7-15-12(11)16-3-4-19-9(5-16)13(17)18-2/h6-7,9H,3-5H2,1-2H3. The fourth-order valence-corrected chi connectivity index (χ4v) is 3.32. The number of nitrogens with zero attached hydrogens (tertiary/aromatic N) is 3. The van der Waals surface area contributed by atoms with Gasteiger partial charge in [0, 0.05) is 6.54 Å². The SMILES string of the molecule is COC(=O)C1CN(c2ncnc3c(C)csc23)CCO1. The Balaban J connectivity index is 1.92. The molecular weight excluding hydrogens is 278 g/mol. The summed E-state index contributed by atoms with van der Waals surface area (Å²) in [6.45, 7) is 3.67. The third-order valence-corrected chi connectivity index (χ3v) is 4.43. The maximum atomic E-state index is 11.6. The molecule has 0 amide bonds. The minimum Gasteiger partial charge on any atom is -0.467 e. The molecule has 106 valence electrons. The highest BCUT2D eigenvalue weighted by Gasteiger charge is 2.29. The molecule has 0 saturated carbocycles. The molecular formula is C13H15N3O3S. The van der Waals surface area contributed by atoms with Crippen molar-refractivity contribution in [3.8, 4) is 0 Å². The molecule has 1 fully saturated rings. The molecule has 0 bridgehead atoms. The van der Waals surface area contributed by atoms with Gasteiger partial charge in [0.05, 0.1) is 30.5 Å². The van der Waals surface area contributed by atoms with Crippen LogP contribution < -0.4 is 4.90 Å². The maximum absolute atomic E-state index is 11.6. The van der Waals surface area contributed by atoms with Crippen LogP contribution in [0.5, 0.6) is 0 Å². The number of aryl methyl sites for hydroxylation is 1. The van der Waals surface area contributed by atoms with Gasteiger partial charge in [-0.25, -0.2) is 14.8 Å². The zero-order valence-corrected chi connectivity index (χ0v) is 12.1. The number of thiophene rings is 1. The average Bonchev–Trinajstić information content (AvgIpc) is 2.88. The molecule has 20 heavy (non-hydrogen) atoms. The van der Waals surface area contributed by atoms with Crippen molar-refractivity contribution in [2.75, 3.05) is 31.7 Å². The van der Waals surface area contributed by atoms with Gasteiger partial charge in [-0.3, -0.25) is 0 Å². The van der Waals surface area contributed by atoms with Crippen molar-refractivity contribution in [1.82, 2.24) is 9.97 Å². The van der Waals surface area contributed by atoms with E-state index >= 15 is 0 Å². The number of fused-ring (bicyclic) bond motifs is 1. The number of hydrogen-bond acceptors (Lipinski definition) is 7. The van der Waals surface area contributed by atoms with E-state index in [9.17, 15) is 4.79 Å². The second-order valence-corrected chi connectivity index (χ2v) is 5.50. The van der Waals surface area contributed by atoms with E-state index in [1.165, 1.54) is 7.11 Å². The van der Waals surface area contributed by atoms with E-state index in [1.54, 1.807) is 17.7 Å². The second-order valence-electron chi connectivity index (χ2n) is 4.62. The van der Waals surface area contributed by atoms with Gasteiger partial charge in [-0.2, -0.15) is 0 Å². The number of anilines is 1. The van der Waals surface area contributed by atoms with Crippen molar-refractivity contribution >= 4 is 33.3 Å². The van der Waals surface area contributed by atoms with Crippen LogP contribution in [0.25, 0.3) is 10.2 Å². The van der Waals surface area contributed by atoms with E-state index < -0.39 is 6.10 Å². The molecule has 0 aliphatic carbocycles. The first-order chi connectivity index (χ1) is 9.70. The number of carbonyl (C=O) groups excluding carboxylic acids is 1. The van der Waals surface area contributed by atoms with E-state index in [-0.39, 0.29) is 5.97 Å². The molecule has 2 aromatic rings. The Hall–Kier alpha value is -1.73. The molecule has 1 aliphatic rings. The molecule has 3 rings (SSSR count). The molecule has 1 atom stereocenters. The van der Waals surface area contributed by atoms with Crippen molar-refractivity contribution < 1.29 is 14.3 Å². The quantitative estimate of drug-likeness (QED) is 0.779. The lowest BCUT2D eigenvalue weighted by molar-refractivity contribution is -0.154. The van der Waals surface area contributed by atoms with Crippen LogP contribution in [0.2, 0.25) is 0 Å². The summed E-state index contributed by atoms with van der Waals surface area (Å²) in [5.74, 6) is 0.521. The Bertz CT molecular complexity index is 643. The second kappa shape index (κ2) is 5.34. The summed E-state index contributed by atoms with van der Waals surface area (Å²) in [7, 11) is 1.37. The van der Waals surface area contributed by atoms with Gasteiger partial charge < -0.3 is 14.4 Å². The predicted molar refractivity (Wildman–Crippen MR) is 76.1 cm³/mol. The molecule has 3 heterocycles. The van der Waals surface area contributed by atoms with Crippen LogP contribution in [0.15, 0.2) is 11.7 Å². The molecule has 1 aliphatic heterocycles. The summed E-state index contributed by atoms with van der Waals surface area (Å²) < 4.78 is 11.2. The topological polar surface area (TPSA) is 64.5 Å².